The van der Waals surface area contributed by atoms with Gasteiger partial charge in [-0.2, -0.15) is 0 Å². The fraction of sp³-hybridized carbons (Fsp3) is 0.111. The third-order valence-corrected chi connectivity index (χ3v) is 2.03. The summed E-state index contributed by atoms with van der Waals surface area (Å²) in [6.45, 7) is 0. The number of carboxylic acid groups (broad SMARTS) is 1. The highest BCUT2D eigenvalue weighted by atomic mass is 19.1. The second kappa shape index (κ2) is 2.80. The quantitative estimate of drug-likeness (QED) is 0.703. The van der Waals surface area contributed by atoms with Gasteiger partial charge < -0.3 is 10.4 Å². The lowest BCUT2D eigenvalue weighted by molar-refractivity contribution is -0.115. The maximum Gasteiger partial charge on any atom is 0.335 e. The first-order chi connectivity index (χ1) is 6.58. The van der Waals surface area contributed by atoms with Crippen LogP contribution in [0.25, 0.3) is 0 Å². The van der Waals surface area contributed by atoms with Crippen LogP contribution in [0.4, 0.5) is 10.1 Å². The number of anilines is 1. The number of aromatic carboxylic acids is 1. The van der Waals surface area contributed by atoms with E-state index in [4.69, 9.17) is 5.11 Å². The lowest BCUT2D eigenvalue weighted by atomic mass is 10.1. The van der Waals surface area contributed by atoms with Gasteiger partial charge in [0.1, 0.15) is 5.82 Å². The fourth-order valence-corrected chi connectivity index (χ4v) is 1.42. The Kier molecular flexibility index (Phi) is 1.73. The summed E-state index contributed by atoms with van der Waals surface area (Å²) in [7, 11) is 0. The molecule has 0 radical (unpaired) electrons. The van der Waals surface area contributed by atoms with E-state index in [2.05, 4.69) is 5.32 Å². The molecule has 1 aromatic rings. The third-order valence-electron chi connectivity index (χ3n) is 2.03. The Hall–Kier alpha value is -1.91. The molecule has 0 spiro atoms. The first-order valence-electron chi connectivity index (χ1n) is 3.93. The Labute approximate surface area is 78.4 Å². The van der Waals surface area contributed by atoms with Crippen molar-refractivity contribution >= 4 is 17.6 Å². The number of carbonyl (C=O) groups is 2. The van der Waals surface area contributed by atoms with Crippen molar-refractivity contribution in [1.29, 1.82) is 0 Å². The molecule has 2 rings (SSSR count). The zero-order valence-electron chi connectivity index (χ0n) is 7.00. The summed E-state index contributed by atoms with van der Waals surface area (Å²) >= 11 is 0. The van der Waals surface area contributed by atoms with E-state index in [1.165, 1.54) is 6.07 Å². The highest BCUT2D eigenvalue weighted by Gasteiger charge is 2.23. The standard InChI is InChI=1S/C9H6FNO3/c10-6-2-5(9(13)14)1-4-3-7(12)11-8(4)6/h1-2H,3H2,(H,11,12)(H,13,14). The van der Waals surface area contributed by atoms with Gasteiger partial charge in [-0.05, 0) is 17.7 Å². The van der Waals surface area contributed by atoms with Gasteiger partial charge in [0.05, 0.1) is 17.7 Å². The molecule has 4 nitrogen and oxygen atoms in total. The number of hydrogen-bond acceptors (Lipinski definition) is 2. The fourth-order valence-electron chi connectivity index (χ4n) is 1.42. The molecule has 1 amide bonds. The Morgan fingerprint density at radius 1 is 1.50 bits per heavy atom. The molecule has 1 aromatic carbocycles. The molecule has 14 heavy (non-hydrogen) atoms. The molecule has 0 unspecified atom stereocenters. The summed E-state index contributed by atoms with van der Waals surface area (Å²) in [5.41, 5.74) is 0.352. The number of carbonyl (C=O) groups excluding carboxylic acids is 1. The van der Waals surface area contributed by atoms with Crippen molar-refractivity contribution in [3.05, 3.63) is 29.1 Å². The summed E-state index contributed by atoms with van der Waals surface area (Å²) in [4.78, 5) is 21.5. The number of halogens is 1. The Bertz CT molecular complexity index is 442. The lowest BCUT2D eigenvalue weighted by Crippen LogP contribution is -2.04. The van der Waals surface area contributed by atoms with Crippen LogP contribution in [-0.2, 0) is 11.2 Å². The molecule has 5 heteroatoms. The predicted molar refractivity (Wildman–Crippen MR) is 45.7 cm³/mol. The van der Waals surface area contributed by atoms with Crippen molar-refractivity contribution in [1.82, 2.24) is 0 Å². The highest BCUT2D eigenvalue weighted by Crippen LogP contribution is 2.27. The molecule has 72 valence electrons. The maximum absolute atomic E-state index is 13.2. The van der Waals surface area contributed by atoms with Crippen LogP contribution in [0.15, 0.2) is 12.1 Å². The molecular formula is C9H6FNO3. The summed E-state index contributed by atoms with van der Waals surface area (Å²) in [5, 5.41) is 11.0. The van der Waals surface area contributed by atoms with E-state index < -0.39 is 11.8 Å². The van der Waals surface area contributed by atoms with Gasteiger partial charge >= 0.3 is 5.97 Å². The van der Waals surface area contributed by atoms with Gasteiger partial charge in [-0.15, -0.1) is 0 Å². The average Bonchev–Trinajstić information content (AvgIpc) is 2.45. The number of amides is 1. The second-order valence-corrected chi connectivity index (χ2v) is 3.02. The van der Waals surface area contributed by atoms with Gasteiger partial charge in [-0.25, -0.2) is 9.18 Å². The number of hydrogen-bond donors (Lipinski definition) is 2. The van der Waals surface area contributed by atoms with E-state index in [0.29, 0.717) is 5.56 Å². The number of benzene rings is 1. The summed E-state index contributed by atoms with van der Waals surface area (Å²) < 4.78 is 13.2. The minimum atomic E-state index is -1.20. The number of nitrogens with one attached hydrogen (secondary N) is 1. The van der Waals surface area contributed by atoms with Crippen LogP contribution >= 0.6 is 0 Å². The number of fused-ring (bicyclic) bond motifs is 1. The number of carboxylic acids is 1. The molecule has 0 aromatic heterocycles. The van der Waals surface area contributed by atoms with Crippen molar-refractivity contribution in [3.8, 4) is 0 Å². The van der Waals surface area contributed by atoms with E-state index >= 15 is 0 Å². The first kappa shape index (κ1) is 8.68. The number of rotatable bonds is 1. The first-order valence-corrected chi connectivity index (χ1v) is 3.93. The molecular weight excluding hydrogens is 189 g/mol. The highest BCUT2D eigenvalue weighted by molar-refractivity contribution is 6.00. The zero-order chi connectivity index (χ0) is 10.3. The molecule has 1 aliphatic heterocycles. The third kappa shape index (κ3) is 1.22. The van der Waals surface area contributed by atoms with Crippen LogP contribution in [0.2, 0.25) is 0 Å². The van der Waals surface area contributed by atoms with Crippen LogP contribution < -0.4 is 5.32 Å². The van der Waals surface area contributed by atoms with Gasteiger partial charge in [0, 0.05) is 0 Å². The van der Waals surface area contributed by atoms with Crippen molar-refractivity contribution in [3.63, 3.8) is 0 Å². The van der Waals surface area contributed by atoms with E-state index in [9.17, 15) is 14.0 Å². The predicted octanol–water partition coefficient (Wildman–Crippen LogP) is 1.02. The Morgan fingerprint density at radius 2 is 2.21 bits per heavy atom. The summed E-state index contributed by atoms with van der Waals surface area (Å²) in [5.74, 6) is -2.22. The van der Waals surface area contributed by atoms with Gasteiger partial charge in [0.15, 0.2) is 0 Å². The van der Waals surface area contributed by atoms with E-state index in [1.807, 2.05) is 0 Å². The van der Waals surface area contributed by atoms with Crippen LogP contribution in [-0.4, -0.2) is 17.0 Å². The summed E-state index contributed by atoms with van der Waals surface area (Å²) in [6.07, 6.45) is 0.0351. The van der Waals surface area contributed by atoms with Crippen molar-refractivity contribution in [2.45, 2.75) is 6.42 Å². The topological polar surface area (TPSA) is 66.4 Å². The van der Waals surface area contributed by atoms with Crippen LogP contribution in [0.5, 0.6) is 0 Å². The minimum Gasteiger partial charge on any atom is -0.478 e. The van der Waals surface area contributed by atoms with Gasteiger partial charge in [0.25, 0.3) is 0 Å². The molecule has 0 bridgehead atoms. The van der Waals surface area contributed by atoms with Crippen LogP contribution in [0, 0.1) is 5.82 Å². The van der Waals surface area contributed by atoms with Crippen molar-refractivity contribution in [2.75, 3.05) is 5.32 Å². The van der Waals surface area contributed by atoms with Gasteiger partial charge in [-0.1, -0.05) is 0 Å². The van der Waals surface area contributed by atoms with Crippen LogP contribution in [0.1, 0.15) is 15.9 Å². The average molecular weight is 195 g/mol. The van der Waals surface area contributed by atoms with Crippen molar-refractivity contribution < 1.29 is 19.1 Å². The molecule has 0 saturated heterocycles. The van der Waals surface area contributed by atoms with Crippen LogP contribution in [0.3, 0.4) is 0 Å². The monoisotopic (exact) mass is 195 g/mol. The maximum atomic E-state index is 13.2. The van der Waals surface area contributed by atoms with Gasteiger partial charge in [-0.3, -0.25) is 4.79 Å². The Morgan fingerprint density at radius 3 is 2.86 bits per heavy atom. The zero-order valence-corrected chi connectivity index (χ0v) is 7.00. The summed E-state index contributed by atoms with van der Waals surface area (Å²) in [6, 6.07) is 2.20. The molecule has 0 atom stereocenters. The molecule has 1 aliphatic rings. The SMILES string of the molecule is O=C1Cc2cc(C(=O)O)cc(F)c2N1. The molecule has 2 N–H and O–H groups in total. The minimum absolute atomic E-state index is 0.0351. The molecule has 1 heterocycles. The van der Waals surface area contributed by atoms with Crippen molar-refractivity contribution in [2.24, 2.45) is 0 Å². The molecule has 0 saturated carbocycles. The van der Waals surface area contributed by atoms with E-state index in [-0.39, 0.29) is 23.6 Å². The van der Waals surface area contributed by atoms with E-state index in [0.717, 1.165) is 6.07 Å². The Balaban J connectivity index is 2.56. The van der Waals surface area contributed by atoms with Gasteiger partial charge in [0.2, 0.25) is 5.91 Å². The van der Waals surface area contributed by atoms with E-state index in [1.54, 1.807) is 0 Å². The smallest absolute Gasteiger partial charge is 0.335 e. The largest absolute Gasteiger partial charge is 0.478 e. The molecule has 0 aliphatic carbocycles. The normalized spacial score (nSPS) is 13.6. The lowest BCUT2D eigenvalue weighted by Gasteiger charge is -2.01. The second-order valence-electron chi connectivity index (χ2n) is 3.02. The molecule has 0 fully saturated rings.